The monoisotopic (exact) mass is 1670 g/mol. The van der Waals surface area contributed by atoms with Gasteiger partial charge in [-0.2, -0.15) is 0 Å². The molecule has 0 fully saturated rings. The van der Waals surface area contributed by atoms with Gasteiger partial charge in [-0.25, -0.2) is 0 Å². The van der Waals surface area contributed by atoms with Crippen LogP contribution in [0, 0.1) is 5.41 Å². The van der Waals surface area contributed by atoms with E-state index in [1.165, 1.54) is 116 Å². The largest absolute Gasteiger partial charge is 0.497 e. The molecule has 13 heteroatoms. The minimum atomic E-state index is -1.00. The standard InChI is InChI=1S/C20H18.C16H14O2.C10H12O.C9H12O.C8H10.C7H16O2Si.C7H18Si.C6H12O2.C5H8O2.C5H12.C5H10.C3H6O.C3H8.C2H6/c1-20(17-11-5-2-6-12-17,18-13-7-3-8-14-18)19-15-9-4-10-16-19;1-11(17)18-10-16-14-8-4-2-6-12(14)13-7-3-5-9-15(13)16;1-9(11)7-8-10-5-3-2-4-6-10;1-3-8-4-6-9(10-2)7-5-8;1-2-8-6-4-3-5-7-8;1-7(8)9-5-6-10(2,3)4;1-7(2,3)8(4,5)6;1-5(7)8-6(2,3)4;1-3-4-7-5(2)6;1-5(2,3)4;1-3-5-4-2;1-3(2)4;1-3-2;1-2/h2-16H,1H3;2-9,16H,10H2,1H3;2-6H,7-8H2,1H3;4-7H,3H2,1-2H3;3-7H,2H2,1H3;5-6H2,1-4H3;1-6H3;1-4H3;3H,1,4H2,2H3;1-4H3;3H,1,4-5H2,2H3;1-2H3;3H2,1-2H3;1-2H3. The number of unbranched alkanes of at least 4 members (excludes halogenated alkanes) is 1. The summed E-state index contributed by atoms with van der Waals surface area (Å²) in [4.78, 5) is 61.6. The van der Waals surface area contributed by atoms with Crippen molar-refractivity contribution in [3.8, 4) is 16.9 Å². The number of carbonyl (C=O) groups excluding carboxylic acids is 6. The van der Waals surface area contributed by atoms with Gasteiger partial charge in [0.25, 0.3) is 0 Å². The summed E-state index contributed by atoms with van der Waals surface area (Å²) in [6, 6.07) is 78.5. The number of aryl methyl sites for hydroxylation is 3. The zero-order valence-electron chi connectivity index (χ0n) is 80.3. The number of allylic oxidation sites excluding steroid dienone is 1. The average molecular weight is 1670 g/mol. The van der Waals surface area contributed by atoms with Crippen molar-refractivity contribution < 1.29 is 52.5 Å². The van der Waals surface area contributed by atoms with Crippen LogP contribution in [0.3, 0.4) is 0 Å². The maximum atomic E-state index is 11.0. The van der Waals surface area contributed by atoms with Gasteiger partial charge in [0.15, 0.2) is 0 Å². The molecule has 1 aliphatic rings. The predicted octanol–water partition coefficient (Wildman–Crippen LogP) is 29.3. The number of hydrogen-bond acceptors (Lipinski definition) is 11. The second-order valence-electron chi connectivity index (χ2n) is 34.1. The van der Waals surface area contributed by atoms with Crippen molar-refractivity contribution in [2.24, 2.45) is 5.41 Å². The number of methoxy groups -OCH3 is 1. The zero-order chi connectivity index (χ0) is 92.3. The molecule has 0 heterocycles. The van der Waals surface area contributed by atoms with Gasteiger partial charge < -0.3 is 33.3 Å². The van der Waals surface area contributed by atoms with E-state index in [1.54, 1.807) is 14.0 Å². The van der Waals surface area contributed by atoms with Crippen LogP contribution in [0.25, 0.3) is 11.1 Å². The molecule has 8 aromatic rings. The van der Waals surface area contributed by atoms with Gasteiger partial charge in [0.05, 0.1) is 13.7 Å². The molecular formula is C106H162O11Si2. The highest BCUT2D eigenvalue weighted by Gasteiger charge is 2.32. The molecule has 0 atom stereocenters. The molecule has 0 saturated heterocycles. The highest BCUT2D eigenvalue weighted by molar-refractivity contribution is 6.78. The van der Waals surface area contributed by atoms with E-state index in [0.717, 1.165) is 37.5 Å². The fraction of sp³-hybridized carbons (Fsp3) is 0.453. The quantitative estimate of drug-likeness (QED) is 0.0266. The van der Waals surface area contributed by atoms with Crippen LogP contribution in [0.15, 0.2) is 250 Å². The predicted molar refractivity (Wildman–Crippen MR) is 519 cm³/mol. The number of fused-ring (bicyclic) bond motifs is 3. The molecular weight excluding hydrogens is 1510 g/mol. The van der Waals surface area contributed by atoms with Crippen molar-refractivity contribution in [1.82, 2.24) is 0 Å². The second-order valence-corrected chi connectivity index (χ2v) is 45.7. The Morgan fingerprint density at radius 2 is 0.748 bits per heavy atom. The van der Waals surface area contributed by atoms with E-state index >= 15 is 0 Å². The topological polar surface area (TPSA) is 149 Å². The summed E-state index contributed by atoms with van der Waals surface area (Å²) >= 11 is 0. The van der Waals surface area contributed by atoms with Gasteiger partial charge in [-0.15, -0.1) is 6.58 Å². The Morgan fingerprint density at radius 3 is 0.983 bits per heavy atom. The molecule has 9 rings (SSSR count). The van der Waals surface area contributed by atoms with Gasteiger partial charge in [-0.3, -0.25) is 19.2 Å². The summed E-state index contributed by atoms with van der Waals surface area (Å²) in [6.45, 7) is 70.9. The molecule has 0 amide bonds. The number of carbonyl (C=O) groups is 6. The molecule has 0 N–H and O–H groups in total. The van der Waals surface area contributed by atoms with Crippen LogP contribution in [0.2, 0.25) is 50.4 Å². The molecule has 0 saturated carbocycles. The van der Waals surface area contributed by atoms with Gasteiger partial charge in [0, 0.05) is 61.6 Å². The molecule has 1 aliphatic carbocycles. The maximum Gasteiger partial charge on any atom is 0.303 e. The fourth-order valence-corrected chi connectivity index (χ4v) is 10.0. The Bertz CT molecular complexity index is 3690. The SMILES string of the molecule is C=CCCC.C=CCOC(C)=O.CC.CC(=O)CCc1ccccc1.CC(=O)OC(C)(C)C.CC(=O)OCC1c2ccccc2-c2ccccc21.CC(=O)OCC[Si](C)(C)C.CC(C)(C)C.CC(C)(C)[Si](C)(C)C.CC(C)=O.CC(c1ccccc1)(c1ccccc1)c1ccccc1.CCC.CCc1ccc(OC)cc1.CCc1ccccc1. The normalized spacial score (nSPS) is 10.5. The van der Waals surface area contributed by atoms with Crippen LogP contribution in [0.4, 0.5) is 0 Å². The Labute approximate surface area is 728 Å². The van der Waals surface area contributed by atoms with E-state index in [4.69, 9.17) is 18.9 Å². The number of rotatable bonds is 18. The first-order valence-corrected chi connectivity index (χ1v) is 49.6. The number of benzene rings is 8. The molecule has 0 spiro atoms. The number of ketones is 2. The van der Waals surface area contributed by atoms with E-state index < -0.39 is 16.1 Å². The van der Waals surface area contributed by atoms with Crippen molar-refractivity contribution in [2.75, 3.05) is 26.9 Å². The minimum Gasteiger partial charge on any atom is -0.497 e. The third-order valence-corrected chi connectivity index (χ3v) is 22.9. The summed E-state index contributed by atoms with van der Waals surface area (Å²) in [5.74, 6) is 0.639. The van der Waals surface area contributed by atoms with E-state index in [1.807, 2.05) is 113 Å². The van der Waals surface area contributed by atoms with Crippen molar-refractivity contribution in [2.45, 2.75) is 285 Å². The summed E-state index contributed by atoms with van der Waals surface area (Å²) < 4.78 is 24.3. The lowest BCUT2D eigenvalue weighted by molar-refractivity contribution is -0.152. The lowest BCUT2D eigenvalue weighted by Gasteiger charge is -2.32. The summed E-state index contributed by atoms with van der Waals surface area (Å²) in [5.41, 5.74) is 13.0. The number of hydrogen-bond donors (Lipinski definition) is 0. The van der Waals surface area contributed by atoms with E-state index in [-0.39, 0.29) is 52.4 Å². The van der Waals surface area contributed by atoms with Gasteiger partial charge >= 0.3 is 23.9 Å². The molecule has 660 valence electrons. The average Bonchev–Trinajstić information content (AvgIpc) is 1.74. The van der Waals surface area contributed by atoms with E-state index in [2.05, 4.69) is 299 Å². The van der Waals surface area contributed by atoms with Gasteiger partial charge in [-0.1, -0.05) is 380 Å². The summed E-state index contributed by atoms with van der Waals surface area (Å²) in [5, 5.41) is 0.576. The van der Waals surface area contributed by atoms with Crippen LogP contribution < -0.4 is 4.74 Å². The lowest BCUT2D eigenvalue weighted by atomic mass is 9.71. The minimum absolute atomic E-state index is 0.121. The van der Waals surface area contributed by atoms with Gasteiger partial charge in [0.2, 0.25) is 0 Å². The number of ether oxygens (including phenoxy) is 5. The molecule has 119 heavy (non-hydrogen) atoms. The molecule has 0 aromatic heterocycles. The Balaban J connectivity index is -0.000000407. The summed E-state index contributed by atoms with van der Waals surface area (Å²) in [7, 11) is -0.179. The van der Waals surface area contributed by atoms with Crippen molar-refractivity contribution >= 4 is 51.6 Å². The smallest absolute Gasteiger partial charge is 0.303 e. The molecule has 0 aliphatic heterocycles. The number of esters is 4. The third kappa shape index (κ3) is 67.2. The van der Waals surface area contributed by atoms with Crippen LogP contribution in [-0.2, 0) is 72.4 Å². The first kappa shape index (κ1) is 118. The maximum absolute atomic E-state index is 11.0. The van der Waals surface area contributed by atoms with Crippen LogP contribution >= 0.6 is 0 Å². The van der Waals surface area contributed by atoms with Crippen LogP contribution in [0.1, 0.15) is 249 Å². The third-order valence-electron chi connectivity index (χ3n) is 16.7. The van der Waals surface area contributed by atoms with Crippen molar-refractivity contribution in [3.05, 3.63) is 294 Å². The van der Waals surface area contributed by atoms with E-state index in [0.29, 0.717) is 36.7 Å². The molecule has 0 unspecified atom stereocenters. The highest BCUT2D eigenvalue weighted by Crippen LogP contribution is 2.45. The van der Waals surface area contributed by atoms with Crippen molar-refractivity contribution in [3.63, 3.8) is 0 Å². The molecule has 0 bridgehead atoms. The van der Waals surface area contributed by atoms with Crippen molar-refractivity contribution in [1.29, 1.82) is 0 Å². The molecule has 0 radical (unpaired) electrons. The van der Waals surface area contributed by atoms with Gasteiger partial charge in [0.1, 0.15) is 36.1 Å². The molecule has 8 aromatic carbocycles. The second kappa shape index (κ2) is 68.5. The fourth-order valence-electron chi connectivity index (χ4n) is 9.31. The molecule has 11 nitrogen and oxygen atoms in total. The Kier molecular flexibility index (Phi) is 68.0. The Hall–Kier alpha value is -9.31. The first-order chi connectivity index (χ1) is 55.6. The Morgan fingerprint density at radius 1 is 0.429 bits per heavy atom. The summed E-state index contributed by atoms with van der Waals surface area (Å²) in [6.07, 6.45) is 10.8. The van der Waals surface area contributed by atoms with Crippen LogP contribution in [0.5, 0.6) is 5.75 Å². The van der Waals surface area contributed by atoms with E-state index in [9.17, 15) is 28.8 Å². The van der Waals surface area contributed by atoms with Gasteiger partial charge in [-0.05, 0) is 158 Å². The van der Waals surface area contributed by atoms with Crippen LogP contribution in [-0.4, -0.2) is 84.1 Å². The first-order valence-electron chi connectivity index (χ1n) is 42.4. The highest BCUT2D eigenvalue weighted by atomic mass is 28.3. The lowest BCUT2D eigenvalue weighted by Crippen LogP contribution is -2.32. The number of Topliss-reactive ketones (excluding diaryl/α,β-unsaturated/α-hetero) is 2. The zero-order valence-corrected chi connectivity index (χ0v) is 82.3.